The molecule has 2 atom stereocenters. The van der Waals surface area contributed by atoms with E-state index in [0.29, 0.717) is 17.0 Å². The fraction of sp³-hybridized carbons (Fsp3) is 0.231. The topological polar surface area (TPSA) is 85.4 Å². The molecule has 1 heterocycles. The first-order valence-electron chi connectivity index (χ1n) is 10.5. The second-order valence-corrected chi connectivity index (χ2v) is 7.85. The molecule has 3 rings (SSSR count). The number of aromatic nitrogens is 1. The van der Waals surface area contributed by atoms with Crippen LogP contribution in [0.25, 0.3) is 0 Å². The molecular formula is C26H25FN2O4. The molecule has 3 aromatic rings. The molecule has 0 aliphatic heterocycles. The Balaban J connectivity index is 2.10. The lowest BCUT2D eigenvalue weighted by atomic mass is 9.76. The Morgan fingerprint density at radius 1 is 0.939 bits per heavy atom. The van der Waals surface area contributed by atoms with E-state index >= 15 is 0 Å². The van der Waals surface area contributed by atoms with Crippen LogP contribution < -0.4 is 10.1 Å². The summed E-state index contributed by atoms with van der Waals surface area (Å²) in [6, 6.07) is 15.0. The van der Waals surface area contributed by atoms with Crippen molar-refractivity contribution >= 4 is 23.2 Å². The Bertz CT molecular complexity index is 1130. The van der Waals surface area contributed by atoms with Crippen molar-refractivity contribution in [1.29, 1.82) is 0 Å². The summed E-state index contributed by atoms with van der Waals surface area (Å²) in [5, 5.41) is 2.75. The summed E-state index contributed by atoms with van der Waals surface area (Å²) in [5.41, 5.74) is 1.05. The number of hydrogen-bond donors (Lipinski definition) is 1. The van der Waals surface area contributed by atoms with E-state index in [1.54, 1.807) is 50.2 Å². The number of nitrogens with one attached hydrogen (secondary N) is 1. The van der Waals surface area contributed by atoms with E-state index in [4.69, 9.17) is 4.74 Å². The first kappa shape index (κ1) is 23.8. The molecule has 1 amide bonds. The van der Waals surface area contributed by atoms with Gasteiger partial charge in [-0.1, -0.05) is 26.0 Å². The average Bonchev–Trinajstić information content (AvgIpc) is 2.82. The highest BCUT2D eigenvalue weighted by molar-refractivity contribution is 6.15. The summed E-state index contributed by atoms with van der Waals surface area (Å²) in [6.07, 6.45) is 2.99. The normalized spacial score (nSPS) is 12.6. The van der Waals surface area contributed by atoms with Gasteiger partial charge < -0.3 is 10.1 Å². The molecule has 1 aromatic heterocycles. The van der Waals surface area contributed by atoms with E-state index in [1.165, 1.54) is 43.8 Å². The fourth-order valence-electron chi connectivity index (χ4n) is 3.62. The van der Waals surface area contributed by atoms with E-state index in [1.807, 2.05) is 0 Å². The highest BCUT2D eigenvalue weighted by atomic mass is 19.1. The summed E-state index contributed by atoms with van der Waals surface area (Å²) < 4.78 is 18.8. The fourth-order valence-corrected chi connectivity index (χ4v) is 3.62. The van der Waals surface area contributed by atoms with E-state index in [-0.39, 0.29) is 11.3 Å². The predicted molar refractivity (Wildman–Crippen MR) is 123 cm³/mol. The van der Waals surface area contributed by atoms with Gasteiger partial charge in [-0.25, -0.2) is 4.39 Å². The van der Waals surface area contributed by atoms with Gasteiger partial charge in [-0.15, -0.1) is 0 Å². The standard InChI is InChI=1S/C26H25FN2O4/c1-16(2)24(30)23(26(32)29-20-6-4-5-7-21(20)33-3)22(17-12-14-28-15-13-17)25(31)18-8-10-19(27)11-9-18/h4-16,22-23H,1-3H3,(H,29,32). The lowest BCUT2D eigenvalue weighted by Gasteiger charge is -2.26. The third-order valence-corrected chi connectivity index (χ3v) is 5.33. The van der Waals surface area contributed by atoms with Crippen LogP contribution in [0.1, 0.15) is 35.7 Å². The van der Waals surface area contributed by atoms with Crippen LogP contribution in [0, 0.1) is 17.7 Å². The first-order chi connectivity index (χ1) is 15.8. The van der Waals surface area contributed by atoms with Crippen molar-refractivity contribution in [3.05, 3.63) is 90.0 Å². The minimum Gasteiger partial charge on any atom is -0.495 e. The molecule has 0 saturated carbocycles. The van der Waals surface area contributed by atoms with Gasteiger partial charge in [0.25, 0.3) is 0 Å². The van der Waals surface area contributed by atoms with Gasteiger partial charge >= 0.3 is 0 Å². The lowest BCUT2D eigenvalue weighted by Crippen LogP contribution is -2.40. The van der Waals surface area contributed by atoms with E-state index in [0.717, 1.165) is 0 Å². The van der Waals surface area contributed by atoms with Gasteiger partial charge in [0.05, 0.1) is 18.7 Å². The predicted octanol–water partition coefficient (Wildman–Crippen LogP) is 4.68. The van der Waals surface area contributed by atoms with Crippen molar-refractivity contribution in [3.63, 3.8) is 0 Å². The second-order valence-electron chi connectivity index (χ2n) is 7.85. The van der Waals surface area contributed by atoms with Crippen LogP contribution in [0.2, 0.25) is 0 Å². The van der Waals surface area contributed by atoms with Crippen molar-refractivity contribution in [1.82, 2.24) is 4.98 Å². The van der Waals surface area contributed by atoms with Crippen molar-refractivity contribution < 1.29 is 23.5 Å². The summed E-state index contributed by atoms with van der Waals surface area (Å²) in [5.74, 6) is -4.50. The number of nitrogens with zero attached hydrogens (tertiary/aromatic N) is 1. The molecule has 0 spiro atoms. The van der Waals surface area contributed by atoms with E-state index in [9.17, 15) is 18.8 Å². The molecule has 7 heteroatoms. The average molecular weight is 448 g/mol. The molecule has 0 saturated heterocycles. The van der Waals surface area contributed by atoms with Gasteiger partial charge in [-0.3, -0.25) is 19.4 Å². The molecular weight excluding hydrogens is 423 g/mol. The summed E-state index contributed by atoms with van der Waals surface area (Å²) in [4.78, 5) is 44.4. The maximum Gasteiger partial charge on any atom is 0.236 e. The molecule has 2 aromatic carbocycles. The number of pyridine rings is 1. The number of carbonyl (C=O) groups excluding carboxylic acids is 3. The molecule has 170 valence electrons. The third-order valence-electron chi connectivity index (χ3n) is 5.33. The zero-order valence-electron chi connectivity index (χ0n) is 18.6. The molecule has 0 fully saturated rings. The number of ketones is 2. The quantitative estimate of drug-likeness (QED) is 0.380. The number of ether oxygens (including phenoxy) is 1. The Hall–Kier alpha value is -3.87. The minimum atomic E-state index is -1.32. The van der Waals surface area contributed by atoms with Gasteiger partial charge in [0.15, 0.2) is 5.78 Å². The van der Waals surface area contributed by atoms with Crippen LogP contribution in [-0.4, -0.2) is 29.6 Å². The van der Waals surface area contributed by atoms with Crippen LogP contribution >= 0.6 is 0 Å². The molecule has 2 unspecified atom stereocenters. The smallest absolute Gasteiger partial charge is 0.236 e. The molecule has 6 nitrogen and oxygen atoms in total. The Labute approximate surface area is 191 Å². The van der Waals surface area contributed by atoms with Gasteiger partial charge in [-0.2, -0.15) is 0 Å². The van der Waals surface area contributed by atoms with Crippen LogP contribution in [0.15, 0.2) is 73.1 Å². The van der Waals surface area contributed by atoms with Crippen LogP contribution in [0.5, 0.6) is 5.75 Å². The molecule has 0 radical (unpaired) electrons. The van der Waals surface area contributed by atoms with E-state index < -0.39 is 35.3 Å². The Kier molecular flexibility index (Phi) is 7.66. The number of Topliss-reactive ketones (excluding diaryl/α,β-unsaturated/α-hetero) is 2. The van der Waals surface area contributed by atoms with Crippen molar-refractivity contribution in [2.45, 2.75) is 19.8 Å². The number of amides is 1. The number of halogens is 1. The number of anilines is 1. The Morgan fingerprint density at radius 2 is 1.58 bits per heavy atom. The van der Waals surface area contributed by atoms with Crippen molar-refractivity contribution in [3.8, 4) is 5.75 Å². The van der Waals surface area contributed by atoms with Crippen molar-refractivity contribution in [2.75, 3.05) is 12.4 Å². The Morgan fingerprint density at radius 3 is 2.18 bits per heavy atom. The third kappa shape index (κ3) is 5.49. The van der Waals surface area contributed by atoms with Crippen LogP contribution in [0.4, 0.5) is 10.1 Å². The van der Waals surface area contributed by atoms with Gasteiger partial charge in [0.2, 0.25) is 5.91 Å². The number of rotatable bonds is 9. The highest BCUT2D eigenvalue weighted by Gasteiger charge is 2.41. The van der Waals surface area contributed by atoms with Gasteiger partial charge in [-0.05, 0) is 54.1 Å². The number of hydrogen-bond acceptors (Lipinski definition) is 5. The zero-order valence-corrected chi connectivity index (χ0v) is 18.6. The van der Waals surface area contributed by atoms with Crippen LogP contribution in [0.3, 0.4) is 0 Å². The summed E-state index contributed by atoms with van der Waals surface area (Å²) in [6.45, 7) is 3.36. The number of para-hydroxylation sites is 2. The van der Waals surface area contributed by atoms with E-state index in [2.05, 4.69) is 10.3 Å². The number of carbonyl (C=O) groups is 3. The zero-order chi connectivity index (χ0) is 24.0. The monoisotopic (exact) mass is 448 g/mol. The van der Waals surface area contributed by atoms with Gasteiger partial charge in [0, 0.05) is 23.9 Å². The first-order valence-corrected chi connectivity index (χ1v) is 10.5. The lowest BCUT2D eigenvalue weighted by molar-refractivity contribution is -0.133. The van der Waals surface area contributed by atoms with Crippen molar-refractivity contribution in [2.24, 2.45) is 11.8 Å². The molecule has 0 aliphatic carbocycles. The highest BCUT2D eigenvalue weighted by Crippen LogP contribution is 2.33. The maximum atomic E-state index is 13.6. The molecule has 0 aliphatic rings. The molecule has 33 heavy (non-hydrogen) atoms. The largest absolute Gasteiger partial charge is 0.495 e. The van der Waals surface area contributed by atoms with Gasteiger partial charge in [0.1, 0.15) is 23.3 Å². The number of methoxy groups -OCH3 is 1. The van der Waals surface area contributed by atoms with Crippen LogP contribution in [-0.2, 0) is 9.59 Å². The summed E-state index contributed by atoms with van der Waals surface area (Å²) in [7, 11) is 1.47. The molecule has 0 bridgehead atoms. The maximum absolute atomic E-state index is 13.6. The number of benzene rings is 2. The second kappa shape index (κ2) is 10.6. The molecule has 1 N–H and O–H groups in total. The summed E-state index contributed by atoms with van der Waals surface area (Å²) >= 11 is 0. The minimum absolute atomic E-state index is 0.199. The SMILES string of the molecule is COc1ccccc1NC(=O)C(C(=O)C(C)C)C(C(=O)c1ccc(F)cc1)c1ccncc1.